The van der Waals surface area contributed by atoms with Crippen LogP contribution in [-0.2, 0) is 14.4 Å². The van der Waals surface area contributed by atoms with Crippen LogP contribution < -0.4 is 9.82 Å². The third-order valence-electron chi connectivity index (χ3n) is 3.60. The van der Waals surface area contributed by atoms with Crippen molar-refractivity contribution >= 4 is 24.1 Å². The molecule has 0 amide bonds. The lowest BCUT2D eigenvalue weighted by Gasteiger charge is -2.08. The molecular weight excluding hydrogens is 333 g/mol. The molecule has 0 spiro atoms. The fourth-order valence-corrected chi connectivity index (χ4v) is 4.14. The molecule has 3 rings (SSSR count). The van der Waals surface area contributed by atoms with Crippen LogP contribution in [0.4, 0.5) is 5.69 Å². The Balaban J connectivity index is 1.68. The maximum absolute atomic E-state index is 12.2. The van der Waals surface area contributed by atoms with Crippen molar-refractivity contribution in [1.29, 1.82) is 0 Å². The summed E-state index contributed by atoms with van der Waals surface area (Å²) in [6, 6.07) is 13.4. The van der Waals surface area contributed by atoms with Gasteiger partial charge in [0.1, 0.15) is 11.5 Å². The molecule has 0 radical (unpaired) electrons. The molecule has 0 aliphatic heterocycles. The van der Waals surface area contributed by atoms with Crippen LogP contribution in [0, 0.1) is 5.92 Å². The van der Waals surface area contributed by atoms with E-state index < -0.39 is 9.84 Å². The fourth-order valence-electron chi connectivity index (χ4n) is 2.19. The molecule has 0 bridgehead atoms. The molecule has 0 heterocycles. The quantitative estimate of drug-likeness (QED) is 0.755. The maximum Gasteiger partial charge on any atom is 0.279 e. The van der Waals surface area contributed by atoms with E-state index in [1.54, 1.807) is 48.5 Å². The van der Waals surface area contributed by atoms with Crippen LogP contribution >= 0.6 is 8.61 Å². The highest BCUT2D eigenvalue weighted by atomic mass is 32.2. The Morgan fingerprint density at radius 2 is 1.57 bits per heavy atom. The molecule has 5 nitrogen and oxygen atoms in total. The molecule has 2 aromatic rings. The summed E-state index contributed by atoms with van der Waals surface area (Å²) < 4.78 is 40.5. The Morgan fingerprint density at radius 1 is 1.00 bits per heavy atom. The monoisotopic (exact) mass is 349 g/mol. The minimum atomic E-state index is -3.19. The Labute approximate surface area is 136 Å². The van der Waals surface area contributed by atoms with Gasteiger partial charge in [0.25, 0.3) is 8.61 Å². The smallest absolute Gasteiger partial charge is 0.279 e. The molecule has 120 valence electrons. The second-order valence-electron chi connectivity index (χ2n) is 5.53. The van der Waals surface area contributed by atoms with Gasteiger partial charge in [0.15, 0.2) is 9.84 Å². The third-order valence-corrected chi connectivity index (χ3v) is 5.85. The van der Waals surface area contributed by atoms with Crippen molar-refractivity contribution in [2.24, 2.45) is 5.92 Å². The summed E-state index contributed by atoms with van der Waals surface area (Å²) in [5.41, 5.74) is 0.718. The van der Waals surface area contributed by atoms with Crippen LogP contribution in [0.3, 0.4) is 0 Å². The van der Waals surface area contributed by atoms with E-state index in [1.807, 2.05) is 0 Å². The highest BCUT2D eigenvalue weighted by molar-refractivity contribution is 7.91. The zero-order valence-electron chi connectivity index (χ0n) is 12.3. The van der Waals surface area contributed by atoms with Gasteiger partial charge in [-0.2, -0.15) is 0 Å². The molecule has 1 saturated carbocycles. The predicted octanol–water partition coefficient (Wildman–Crippen LogP) is 4.28. The van der Waals surface area contributed by atoms with Gasteiger partial charge in [0, 0.05) is 5.69 Å². The lowest BCUT2D eigenvalue weighted by Crippen LogP contribution is -2.08. The number of hydrogen-bond donors (Lipinski definition) is 1. The van der Waals surface area contributed by atoms with Crippen molar-refractivity contribution in [2.75, 3.05) is 10.8 Å². The molecule has 0 aromatic heterocycles. The van der Waals surface area contributed by atoms with Crippen molar-refractivity contribution in [2.45, 2.75) is 17.7 Å². The summed E-state index contributed by atoms with van der Waals surface area (Å²) >= 11 is 0. The Morgan fingerprint density at radius 3 is 2.09 bits per heavy atom. The minimum Gasteiger partial charge on any atom is -0.457 e. The fraction of sp³-hybridized carbons (Fsp3) is 0.250. The molecule has 7 heteroatoms. The third kappa shape index (κ3) is 4.30. The molecule has 0 unspecified atom stereocenters. The van der Waals surface area contributed by atoms with E-state index in [1.165, 1.54) is 0 Å². The van der Waals surface area contributed by atoms with Gasteiger partial charge in [-0.05, 0) is 67.3 Å². The first-order valence-corrected chi connectivity index (χ1v) is 9.72. The van der Waals surface area contributed by atoms with E-state index in [4.69, 9.17) is 4.74 Å². The topological polar surface area (TPSA) is 72.5 Å². The van der Waals surface area contributed by atoms with E-state index in [0.29, 0.717) is 22.3 Å². The summed E-state index contributed by atoms with van der Waals surface area (Å²) in [6.45, 7) is 0. The van der Waals surface area contributed by atoms with Crippen LogP contribution in [0.5, 0.6) is 11.5 Å². The number of benzene rings is 2. The molecular formula is C16H16NO4PS. The number of anilines is 1. The number of rotatable bonds is 7. The van der Waals surface area contributed by atoms with Crippen molar-refractivity contribution in [3.05, 3.63) is 48.5 Å². The summed E-state index contributed by atoms with van der Waals surface area (Å²) in [5, 5.41) is 2.64. The normalized spacial score (nSPS) is 14.6. The number of nitrogens with one attached hydrogen (secondary N) is 1. The van der Waals surface area contributed by atoms with Crippen LogP contribution in [0.2, 0.25) is 0 Å². The largest absolute Gasteiger partial charge is 0.457 e. The van der Waals surface area contributed by atoms with E-state index in [2.05, 4.69) is 5.09 Å². The average Bonchev–Trinajstić information content (AvgIpc) is 3.33. The molecule has 0 saturated heterocycles. The first kappa shape index (κ1) is 16.0. The molecule has 1 aliphatic carbocycles. The lowest BCUT2D eigenvalue weighted by atomic mass is 10.3. The van der Waals surface area contributed by atoms with Gasteiger partial charge in [-0.15, -0.1) is 0 Å². The van der Waals surface area contributed by atoms with Crippen molar-refractivity contribution in [3.63, 3.8) is 0 Å². The van der Waals surface area contributed by atoms with Gasteiger partial charge in [-0.3, -0.25) is 0 Å². The first-order valence-electron chi connectivity index (χ1n) is 7.26. The van der Waals surface area contributed by atoms with Crippen molar-refractivity contribution in [3.8, 4) is 11.5 Å². The number of sulfone groups is 1. The summed E-state index contributed by atoms with van der Waals surface area (Å²) in [5.74, 6) is 1.75. The summed E-state index contributed by atoms with van der Waals surface area (Å²) in [6.07, 6.45) is 2.02. The number of hydrogen-bond acceptors (Lipinski definition) is 4. The van der Waals surface area contributed by atoms with E-state index in [-0.39, 0.29) is 14.4 Å². The van der Waals surface area contributed by atoms with Gasteiger partial charge in [-0.1, -0.05) is 0 Å². The molecule has 23 heavy (non-hydrogen) atoms. The van der Waals surface area contributed by atoms with Crippen molar-refractivity contribution in [1.82, 2.24) is 0 Å². The summed E-state index contributed by atoms with van der Waals surface area (Å²) in [7, 11) is -3.35. The van der Waals surface area contributed by atoms with Gasteiger partial charge in [0.2, 0.25) is 0 Å². The second kappa shape index (κ2) is 6.69. The first-order chi connectivity index (χ1) is 11.1. The Kier molecular flexibility index (Phi) is 4.64. The summed E-state index contributed by atoms with van der Waals surface area (Å²) in [4.78, 5) is 0.339. The zero-order valence-corrected chi connectivity index (χ0v) is 14.0. The number of ether oxygens (including phenoxy) is 1. The van der Waals surface area contributed by atoms with Crippen molar-refractivity contribution < 1.29 is 17.7 Å². The molecule has 1 aliphatic rings. The lowest BCUT2D eigenvalue weighted by molar-refractivity contribution is 0.482. The highest BCUT2D eigenvalue weighted by Crippen LogP contribution is 2.33. The van der Waals surface area contributed by atoms with E-state index >= 15 is 0 Å². The molecule has 0 atom stereocenters. The molecule has 1 N–H and O–H groups in total. The predicted molar refractivity (Wildman–Crippen MR) is 89.0 cm³/mol. The van der Waals surface area contributed by atoms with E-state index in [0.717, 1.165) is 18.5 Å². The average molecular weight is 349 g/mol. The van der Waals surface area contributed by atoms with Crippen LogP contribution in [0.1, 0.15) is 12.8 Å². The Bertz CT molecular complexity index is 784. The zero-order chi connectivity index (χ0) is 16.3. The van der Waals surface area contributed by atoms with Gasteiger partial charge in [0.05, 0.1) is 10.6 Å². The van der Waals surface area contributed by atoms with Crippen LogP contribution in [0.25, 0.3) is 0 Å². The Hall–Kier alpha value is -1.91. The SMILES string of the molecule is O=PNc1ccc(Oc2ccc(S(=O)(=O)CC3CC3)cc2)cc1. The second-order valence-corrected chi connectivity index (χ2v) is 7.97. The molecule has 1 fully saturated rings. The van der Waals surface area contributed by atoms with Gasteiger partial charge in [-0.25, -0.2) is 13.0 Å². The maximum atomic E-state index is 12.2. The van der Waals surface area contributed by atoms with Gasteiger partial charge < -0.3 is 9.82 Å². The van der Waals surface area contributed by atoms with Crippen LogP contribution in [0.15, 0.2) is 53.4 Å². The van der Waals surface area contributed by atoms with E-state index in [9.17, 15) is 13.0 Å². The minimum absolute atomic E-state index is 0.159. The van der Waals surface area contributed by atoms with Crippen LogP contribution in [-0.4, -0.2) is 14.2 Å². The molecule has 2 aromatic carbocycles. The van der Waals surface area contributed by atoms with Gasteiger partial charge >= 0.3 is 0 Å². The standard InChI is InChI=1S/C16H16NO4PS/c18-22-17-13-3-5-14(6-4-13)21-15-7-9-16(10-8-15)23(19,20)11-12-1-2-12/h3-10,12H,1-2,11H2,(H,17,18). The highest BCUT2D eigenvalue weighted by Gasteiger charge is 2.28.